The van der Waals surface area contributed by atoms with Crippen LogP contribution in [0, 0.1) is 22.2 Å². The highest BCUT2D eigenvalue weighted by Crippen LogP contribution is 2.55. The van der Waals surface area contributed by atoms with Gasteiger partial charge in [0.25, 0.3) is 5.91 Å². The molecule has 146 valence electrons. The number of rotatable bonds is 4. The molecular weight excluding hydrogens is 374 g/mol. The van der Waals surface area contributed by atoms with E-state index in [1.165, 1.54) is 0 Å². The Bertz CT molecular complexity index is 929. The maximum absolute atomic E-state index is 12.7. The van der Waals surface area contributed by atoms with E-state index in [2.05, 4.69) is 33.0 Å². The minimum Gasteiger partial charge on any atom is -0.489 e. The van der Waals surface area contributed by atoms with E-state index >= 15 is 0 Å². The van der Waals surface area contributed by atoms with Crippen molar-refractivity contribution in [3.8, 4) is 11.8 Å². The van der Waals surface area contributed by atoms with E-state index in [9.17, 15) is 4.79 Å². The van der Waals surface area contributed by atoms with Gasteiger partial charge >= 0.3 is 0 Å². The third kappa shape index (κ3) is 3.41. The van der Waals surface area contributed by atoms with Crippen molar-refractivity contribution in [1.29, 1.82) is 5.26 Å². The van der Waals surface area contributed by atoms with Crippen LogP contribution in [0.15, 0.2) is 42.5 Å². The van der Waals surface area contributed by atoms with Crippen LogP contribution in [0.2, 0.25) is 5.02 Å². The van der Waals surface area contributed by atoms with Crippen molar-refractivity contribution in [3.63, 3.8) is 0 Å². The fourth-order valence-corrected chi connectivity index (χ4v) is 4.66. The Balaban J connectivity index is 1.76. The van der Waals surface area contributed by atoms with Gasteiger partial charge in [-0.3, -0.25) is 4.79 Å². The molecular formula is C22H24ClN3O2. The summed E-state index contributed by atoms with van der Waals surface area (Å²) in [7, 11) is 0. The van der Waals surface area contributed by atoms with Crippen molar-refractivity contribution < 1.29 is 9.53 Å². The van der Waals surface area contributed by atoms with E-state index < -0.39 is 0 Å². The predicted molar refractivity (Wildman–Crippen MR) is 110 cm³/mol. The molecule has 6 heteroatoms. The molecule has 0 atom stereocenters. The van der Waals surface area contributed by atoms with Crippen LogP contribution in [0.1, 0.15) is 43.6 Å². The lowest BCUT2D eigenvalue weighted by Crippen LogP contribution is -2.74. The first-order valence-corrected chi connectivity index (χ1v) is 9.48. The fourth-order valence-electron chi connectivity index (χ4n) is 4.44. The molecule has 0 radical (unpaired) electrons. The van der Waals surface area contributed by atoms with E-state index in [1.807, 2.05) is 6.07 Å². The Morgan fingerprint density at radius 2 is 1.75 bits per heavy atom. The summed E-state index contributed by atoms with van der Waals surface area (Å²) in [5, 5.41) is 12.5. The molecule has 1 amide bonds. The number of halogens is 1. The van der Waals surface area contributed by atoms with E-state index in [4.69, 9.17) is 27.3 Å². The largest absolute Gasteiger partial charge is 0.489 e. The van der Waals surface area contributed by atoms with Crippen molar-refractivity contribution >= 4 is 23.2 Å². The minimum absolute atomic E-state index is 0.0797. The van der Waals surface area contributed by atoms with Gasteiger partial charge in [0, 0.05) is 34.2 Å². The molecule has 0 heterocycles. The Morgan fingerprint density at radius 1 is 1.14 bits per heavy atom. The summed E-state index contributed by atoms with van der Waals surface area (Å²) < 4.78 is 6.23. The molecule has 28 heavy (non-hydrogen) atoms. The topological polar surface area (TPSA) is 88.1 Å². The van der Waals surface area contributed by atoms with Crippen LogP contribution < -0.4 is 15.8 Å². The van der Waals surface area contributed by atoms with Crippen molar-refractivity contribution in [3.05, 3.63) is 58.6 Å². The fraction of sp³-hybridized carbons (Fsp3) is 0.364. The standard InChI is InChI=1S/C22H24ClN3O2/c1-21(2)19(26-18(27)13-5-8-15(25)9-6-13)22(3,4)20(21)28-16-10-7-14(12-24)17(23)11-16/h5-11,19-20H,25H2,1-4H3,(H,26,27)/t19-,20-. The molecule has 0 spiro atoms. The maximum atomic E-state index is 12.7. The number of nitrogens with one attached hydrogen (secondary N) is 1. The monoisotopic (exact) mass is 397 g/mol. The Labute approximate surface area is 170 Å². The summed E-state index contributed by atoms with van der Waals surface area (Å²) in [6, 6.07) is 13.9. The predicted octanol–water partition coefficient (Wildman–Crippen LogP) is 4.41. The molecule has 1 aliphatic rings. The first-order chi connectivity index (χ1) is 13.1. The van der Waals surface area contributed by atoms with Gasteiger partial charge in [-0.1, -0.05) is 39.3 Å². The normalized spacial score (nSPS) is 21.9. The number of hydrogen-bond donors (Lipinski definition) is 2. The number of nitrogen functional groups attached to an aromatic ring is 1. The van der Waals surface area contributed by atoms with Crippen LogP contribution in [0.25, 0.3) is 0 Å². The number of anilines is 1. The first kappa shape index (κ1) is 20.0. The lowest BCUT2D eigenvalue weighted by molar-refractivity contribution is -0.164. The van der Waals surface area contributed by atoms with E-state index in [-0.39, 0.29) is 28.9 Å². The van der Waals surface area contributed by atoms with Crippen LogP contribution in [0.4, 0.5) is 5.69 Å². The number of hydrogen-bond acceptors (Lipinski definition) is 4. The minimum atomic E-state index is -0.298. The summed E-state index contributed by atoms with van der Waals surface area (Å²) in [4.78, 5) is 12.7. The Kier molecular flexibility index (Phi) is 5.03. The molecule has 0 aromatic heterocycles. The van der Waals surface area contributed by atoms with E-state index in [0.717, 1.165) is 0 Å². The lowest BCUT2D eigenvalue weighted by Gasteiger charge is -2.63. The average Bonchev–Trinajstić information content (AvgIpc) is 2.64. The van der Waals surface area contributed by atoms with Gasteiger partial charge in [0.05, 0.1) is 10.6 Å². The molecule has 5 nitrogen and oxygen atoms in total. The van der Waals surface area contributed by atoms with Crippen molar-refractivity contribution in [1.82, 2.24) is 5.32 Å². The molecule has 2 aromatic carbocycles. The molecule has 1 fully saturated rings. The second kappa shape index (κ2) is 7.03. The van der Waals surface area contributed by atoms with Crippen molar-refractivity contribution in [2.24, 2.45) is 10.8 Å². The summed E-state index contributed by atoms with van der Waals surface area (Å²) in [5.74, 6) is 0.476. The molecule has 0 saturated heterocycles. The quantitative estimate of drug-likeness (QED) is 0.748. The summed E-state index contributed by atoms with van der Waals surface area (Å²) in [6.07, 6.45) is -0.138. The number of nitriles is 1. The van der Waals surface area contributed by atoms with Crippen LogP contribution >= 0.6 is 11.6 Å². The number of carbonyl (C=O) groups is 1. The van der Waals surface area contributed by atoms with E-state index in [1.54, 1.807) is 42.5 Å². The van der Waals surface area contributed by atoms with Gasteiger partial charge in [0.15, 0.2) is 0 Å². The average molecular weight is 398 g/mol. The van der Waals surface area contributed by atoms with Crippen LogP contribution in [0.3, 0.4) is 0 Å². The number of ether oxygens (including phenoxy) is 1. The first-order valence-electron chi connectivity index (χ1n) is 9.10. The third-order valence-electron chi connectivity index (χ3n) is 5.60. The number of benzene rings is 2. The van der Waals surface area contributed by atoms with Gasteiger partial charge in [0.1, 0.15) is 17.9 Å². The van der Waals surface area contributed by atoms with Crippen LogP contribution in [-0.2, 0) is 0 Å². The zero-order valence-electron chi connectivity index (χ0n) is 16.4. The van der Waals surface area contributed by atoms with Crippen LogP contribution in [-0.4, -0.2) is 18.1 Å². The molecule has 2 aromatic rings. The number of amides is 1. The number of carbonyl (C=O) groups excluding carboxylic acids is 1. The second-order valence-electron chi connectivity index (χ2n) is 8.42. The summed E-state index contributed by atoms with van der Waals surface area (Å²) in [6.45, 7) is 8.29. The molecule has 0 aliphatic heterocycles. The zero-order valence-corrected chi connectivity index (χ0v) is 17.2. The zero-order chi connectivity index (χ0) is 20.7. The number of nitrogens with zero attached hydrogens (tertiary/aromatic N) is 1. The summed E-state index contributed by atoms with van der Waals surface area (Å²) in [5.41, 5.74) is 6.71. The third-order valence-corrected chi connectivity index (χ3v) is 5.92. The van der Waals surface area contributed by atoms with Gasteiger partial charge < -0.3 is 15.8 Å². The van der Waals surface area contributed by atoms with Crippen molar-refractivity contribution in [2.75, 3.05) is 5.73 Å². The maximum Gasteiger partial charge on any atom is 0.251 e. The molecule has 0 unspecified atom stereocenters. The van der Waals surface area contributed by atoms with Crippen LogP contribution in [0.5, 0.6) is 5.75 Å². The highest BCUT2D eigenvalue weighted by molar-refractivity contribution is 6.31. The van der Waals surface area contributed by atoms with E-state index in [0.29, 0.717) is 27.6 Å². The molecule has 0 bridgehead atoms. The Morgan fingerprint density at radius 3 is 2.29 bits per heavy atom. The lowest BCUT2D eigenvalue weighted by atomic mass is 9.49. The highest BCUT2D eigenvalue weighted by Gasteiger charge is 2.64. The smallest absolute Gasteiger partial charge is 0.251 e. The van der Waals surface area contributed by atoms with Gasteiger partial charge in [-0.05, 0) is 36.4 Å². The van der Waals surface area contributed by atoms with Gasteiger partial charge in [-0.2, -0.15) is 5.26 Å². The van der Waals surface area contributed by atoms with Gasteiger partial charge in [-0.15, -0.1) is 0 Å². The Hall–Kier alpha value is -2.71. The molecule has 3 rings (SSSR count). The van der Waals surface area contributed by atoms with Gasteiger partial charge in [0.2, 0.25) is 0 Å². The summed E-state index contributed by atoms with van der Waals surface area (Å²) >= 11 is 6.12. The van der Waals surface area contributed by atoms with Crippen molar-refractivity contribution in [2.45, 2.75) is 39.8 Å². The SMILES string of the molecule is CC1(C)[C@H](NC(=O)c2ccc(N)cc2)C(C)(C)[C@H]1Oc1ccc(C#N)c(Cl)c1. The van der Waals surface area contributed by atoms with Gasteiger partial charge in [-0.25, -0.2) is 0 Å². The highest BCUT2D eigenvalue weighted by atomic mass is 35.5. The number of nitrogens with two attached hydrogens (primary N) is 1. The molecule has 1 saturated carbocycles. The molecule has 1 aliphatic carbocycles. The molecule has 3 N–H and O–H groups in total. The second-order valence-corrected chi connectivity index (χ2v) is 8.83.